The van der Waals surface area contributed by atoms with Crippen molar-refractivity contribution in [1.82, 2.24) is 4.98 Å². The Balaban J connectivity index is 2.23. The highest BCUT2D eigenvalue weighted by Crippen LogP contribution is 2.20. The van der Waals surface area contributed by atoms with Crippen molar-refractivity contribution >= 4 is 0 Å². The first kappa shape index (κ1) is 11.3. The van der Waals surface area contributed by atoms with E-state index >= 15 is 0 Å². The Kier molecular flexibility index (Phi) is 3.45. The molecule has 0 aliphatic carbocycles. The number of rotatable bonds is 4. The zero-order valence-corrected chi connectivity index (χ0v) is 9.46. The van der Waals surface area contributed by atoms with Crippen molar-refractivity contribution in [2.45, 2.75) is 6.54 Å². The second kappa shape index (κ2) is 5.21. The fourth-order valence-corrected chi connectivity index (χ4v) is 1.53. The van der Waals surface area contributed by atoms with Gasteiger partial charge in [-0.05, 0) is 35.9 Å². The normalized spacial score (nSPS) is 9.94. The van der Waals surface area contributed by atoms with Crippen LogP contribution in [0.5, 0.6) is 5.75 Å². The maximum absolute atomic E-state index is 10.1. The third kappa shape index (κ3) is 2.66. The zero-order chi connectivity index (χ0) is 12.1. The van der Waals surface area contributed by atoms with Gasteiger partial charge in [0, 0.05) is 11.8 Å². The average molecular weight is 228 g/mol. The molecular weight excluding hydrogens is 216 g/mol. The maximum atomic E-state index is 10.1. The molecule has 0 aliphatic rings. The van der Waals surface area contributed by atoms with E-state index in [0.717, 1.165) is 22.6 Å². The van der Waals surface area contributed by atoms with Crippen molar-refractivity contribution in [3.05, 3.63) is 53.1 Å². The van der Waals surface area contributed by atoms with E-state index in [1.165, 1.54) is 0 Å². The fraction of sp³-hybridized carbons (Fsp3) is 0.154. The van der Waals surface area contributed by atoms with Crippen LogP contribution in [0.4, 0.5) is 0 Å². The minimum Gasteiger partial charge on any atom is -0.497 e. The van der Waals surface area contributed by atoms with E-state index < -0.39 is 0 Å². The fourth-order valence-electron chi connectivity index (χ4n) is 1.53. The predicted octanol–water partition coefficient (Wildman–Crippen LogP) is 3.02. The molecule has 0 unspecified atom stereocenters. The van der Waals surface area contributed by atoms with Crippen molar-refractivity contribution in [3.8, 4) is 17.0 Å². The molecule has 1 heterocycles. The summed E-state index contributed by atoms with van der Waals surface area (Å²) < 4.78 is 5.09. The summed E-state index contributed by atoms with van der Waals surface area (Å²) in [5.41, 5.74) is 2.69. The standard InChI is InChI=1S/C13H12N2O2/c1-17-12-5-3-11(4-6-12)13-7-2-10(8-14-13)9-15-16/h2-8H,9H2,1H3. The molecule has 17 heavy (non-hydrogen) atoms. The Morgan fingerprint density at radius 1 is 1.18 bits per heavy atom. The van der Waals surface area contributed by atoms with Gasteiger partial charge in [-0.3, -0.25) is 4.98 Å². The molecule has 1 aromatic carbocycles. The summed E-state index contributed by atoms with van der Waals surface area (Å²) in [6.07, 6.45) is 1.67. The van der Waals surface area contributed by atoms with Gasteiger partial charge in [0.2, 0.25) is 0 Å². The monoisotopic (exact) mass is 228 g/mol. The van der Waals surface area contributed by atoms with Gasteiger partial charge in [-0.2, -0.15) is 4.91 Å². The topological polar surface area (TPSA) is 51.5 Å². The molecule has 0 radical (unpaired) electrons. The van der Waals surface area contributed by atoms with Crippen molar-refractivity contribution in [2.24, 2.45) is 5.18 Å². The van der Waals surface area contributed by atoms with E-state index in [9.17, 15) is 4.91 Å². The summed E-state index contributed by atoms with van der Waals surface area (Å²) in [7, 11) is 1.63. The van der Waals surface area contributed by atoms with E-state index in [0.29, 0.717) is 0 Å². The summed E-state index contributed by atoms with van der Waals surface area (Å²) in [4.78, 5) is 14.4. The smallest absolute Gasteiger partial charge is 0.118 e. The molecule has 1 aromatic heterocycles. The first-order chi connectivity index (χ1) is 8.33. The molecule has 0 aliphatic heterocycles. The highest BCUT2D eigenvalue weighted by Gasteiger charge is 2.00. The second-order valence-corrected chi connectivity index (χ2v) is 3.57. The molecule has 0 atom stereocenters. The van der Waals surface area contributed by atoms with Crippen LogP contribution in [0, 0.1) is 4.91 Å². The van der Waals surface area contributed by atoms with E-state index in [-0.39, 0.29) is 6.54 Å². The highest BCUT2D eigenvalue weighted by atomic mass is 16.5. The van der Waals surface area contributed by atoms with Crippen LogP contribution in [0.15, 0.2) is 47.8 Å². The zero-order valence-electron chi connectivity index (χ0n) is 9.46. The lowest BCUT2D eigenvalue weighted by Gasteiger charge is -2.03. The summed E-state index contributed by atoms with van der Waals surface area (Å²) in [5.74, 6) is 0.815. The van der Waals surface area contributed by atoms with Crippen molar-refractivity contribution < 1.29 is 4.74 Å². The minimum atomic E-state index is 0.163. The molecular formula is C13H12N2O2. The summed E-state index contributed by atoms with van der Waals surface area (Å²) in [6, 6.07) is 11.4. The number of nitrogens with zero attached hydrogens (tertiary/aromatic N) is 2. The van der Waals surface area contributed by atoms with Gasteiger partial charge in [0.05, 0.1) is 12.8 Å². The Morgan fingerprint density at radius 3 is 2.47 bits per heavy atom. The molecule has 4 nitrogen and oxygen atoms in total. The van der Waals surface area contributed by atoms with Gasteiger partial charge in [0.1, 0.15) is 12.3 Å². The molecule has 86 valence electrons. The SMILES string of the molecule is COc1ccc(-c2ccc(CN=O)cn2)cc1. The summed E-state index contributed by atoms with van der Waals surface area (Å²) >= 11 is 0. The van der Waals surface area contributed by atoms with Crippen molar-refractivity contribution in [2.75, 3.05) is 7.11 Å². The lowest BCUT2D eigenvalue weighted by Crippen LogP contribution is -1.87. The van der Waals surface area contributed by atoms with Crippen LogP contribution in [-0.2, 0) is 6.54 Å². The van der Waals surface area contributed by atoms with Crippen LogP contribution in [0.2, 0.25) is 0 Å². The molecule has 0 amide bonds. The second-order valence-electron chi connectivity index (χ2n) is 3.57. The Morgan fingerprint density at radius 2 is 1.94 bits per heavy atom. The van der Waals surface area contributed by atoms with Crippen LogP contribution in [0.3, 0.4) is 0 Å². The largest absolute Gasteiger partial charge is 0.497 e. The van der Waals surface area contributed by atoms with Gasteiger partial charge in [-0.25, -0.2) is 0 Å². The number of methoxy groups -OCH3 is 1. The number of ether oxygens (including phenoxy) is 1. The molecule has 4 heteroatoms. The molecule has 0 N–H and O–H groups in total. The number of pyridine rings is 1. The number of nitroso groups, excluding NO2 is 1. The van der Waals surface area contributed by atoms with Gasteiger partial charge in [-0.1, -0.05) is 11.2 Å². The van der Waals surface area contributed by atoms with Gasteiger partial charge in [-0.15, -0.1) is 0 Å². The Labute approximate surface area is 99.2 Å². The highest BCUT2D eigenvalue weighted by molar-refractivity contribution is 5.60. The van der Waals surface area contributed by atoms with E-state index in [1.807, 2.05) is 36.4 Å². The van der Waals surface area contributed by atoms with E-state index in [2.05, 4.69) is 10.2 Å². The number of hydrogen-bond donors (Lipinski definition) is 0. The van der Waals surface area contributed by atoms with E-state index in [1.54, 1.807) is 13.3 Å². The molecule has 2 rings (SSSR count). The lowest BCUT2D eigenvalue weighted by molar-refractivity contribution is 0.415. The van der Waals surface area contributed by atoms with Crippen LogP contribution in [0.1, 0.15) is 5.56 Å². The van der Waals surface area contributed by atoms with Crippen LogP contribution < -0.4 is 4.74 Å². The third-order valence-electron chi connectivity index (χ3n) is 2.46. The number of hydrogen-bond acceptors (Lipinski definition) is 4. The number of benzene rings is 1. The van der Waals surface area contributed by atoms with Crippen molar-refractivity contribution in [3.63, 3.8) is 0 Å². The van der Waals surface area contributed by atoms with E-state index in [4.69, 9.17) is 4.74 Å². The molecule has 0 saturated carbocycles. The third-order valence-corrected chi connectivity index (χ3v) is 2.46. The minimum absolute atomic E-state index is 0.163. The summed E-state index contributed by atoms with van der Waals surface area (Å²) in [6.45, 7) is 0.163. The number of aromatic nitrogens is 1. The first-order valence-corrected chi connectivity index (χ1v) is 5.22. The Bertz CT molecular complexity index is 492. The average Bonchev–Trinajstić information content (AvgIpc) is 2.40. The lowest BCUT2D eigenvalue weighted by atomic mass is 10.1. The summed E-state index contributed by atoms with van der Waals surface area (Å²) in [5, 5.41) is 2.82. The van der Waals surface area contributed by atoms with Gasteiger partial charge in [0.15, 0.2) is 0 Å². The van der Waals surface area contributed by atoms with Gasteiger partial charge in [0.25, 0.3) is 0 Å². The first-order valence-electron chi connectivity index (χ1n) is 5.22. The molecule has 0 saturated heterocycles. The van der Waals surface area contributed by atoms with Crippen LogP contribution in [-0.4, -0.2) is 12.1 Å². The molecule has 2 aromatic rings. The van der Waals surface area contributed by atoms with Gasteiger partial charge >= 0.3 is 0 Å². The molecule has 0 fully saturated rings. The predicted molar refractivity (Wildman–Crippen MR) is 65.7 cm³/mol. The molecule has 0 spiro atoms. The Hall–Kier alpha value is -2.23. The van der Waals surface area contributed by atoms with Crippen molar-refractivity contribution in [1.29, 1.82) is 0 Å². The van der Waals surface area contributed by atoms with Gasteiger partial charge < -0.3 is 4.74 Å². The molecule has 0 bridgehead atoms. The van der Waals surface area contributed by atoms with Crippen LogP contribution >= 0.6 is 0 Å². The quantitative estimate of drug-likeness (QED) is 0.756. The maximum Gasteiger partial charge on any atom is 0.118 e. The van der Waals surface area contributed by atoms with Crippen LogP contribution in [0.25, 0.3) is 11.3 Å².